The van der Waals surface area contributed by atoms with Crippen LogP contribution in [0.3, 0.4) is 0 Å². The van der Waals surface area contributed by atoms with Crippen molar-refractivity contribution >= 4 is 38.4 Å². The van der Waals surface area contributed by atoms with Crippen LogP contribution in [0.15, 0.2) is 64.2 Å². The zero-order chi connectivity index (χ0) is 12.1. The number of hydrazone groups is 1. The topological polar surface area (TPSA) is 24.4 Å². The maximum Gasteiger partial charge on any atom is 0.157 e. The zero-order valence-corrected chi connectivity index (χ0v) is 11.2. The molecule has 2 nitrogen and oxygen atoms in total. The molecule has 0 aliphatic carbocycles. The number of rotatable bonds is 3. The molecule has 2 aromatic rings. The van der Waals surface area contributed by atoms with E-state index in [0.29, 0.717) is 5.17 Å². The van der Waals surface area contributed by atoms with E-state index in [-0.39, 0.29) is 7.43 Å². The highest BCUT2D eigenvalue weighted by atomic mass is 79.9. The molecule has 0 atom stereocenters. The van der Waals surface area contributed by atoms with Crippen LogP contribution in [0, 0.1) is 0 Å². The molecule has 4 heteroatoms. The minimum Gasteiger partial charge on any atom is -0.277 e. The lowest BCUT2D eigenvalue weighted by molar-refractivity contribution is 1.34. The number of benzene rings is 2. The van der Waals surface area contributed by atoms with Crippen molar-refractivity contribution in [1.82, 2.24) is 0 Å². The molecule has 0 fully saturated rings. The second-order valence-electron chi connectivity index (χ2n) is 3.36. The third-order valence-electron chi connectivity index (χ3n) is 2.15. The normalized spacial score (nSPS) is 10.7. The third kappa shape index (κ3) is 3.86. The standard InChI is InChI=1S/C13H10BrClN2.CH4/c14-12-9-5-4-8-11(12)13(15)17-16-10-6-2-1-3-7-10;/h1-9,16H;1H4/b17-13-;. The summed E-state index contributed by atoms with van der Waals surface area (Å²) in [6.07, 6.45) is 0. The van der Waals surface area contributed by atoms with Gasteiger partial charge in [0.15, 0.2) is 5.17 Å². The summed E-state index contributed by atoms with van der Waals surface area (Å²) in [7, 11) is 0. The Labute approximate surface area is 121 Å². The average Bonchev–Trinajstić information content (AvgIpc) is 2.38. The first-order valence-electron chi connectivity index (χ1n) is 5.06. The highest BCUT2D eigenvalue weighted by Gasteiger charge is 2.03. The lowest BCUT2D eigenvalue weighted by Gasteiger charge is -2.03. The molecule has 0 saturated heterocycles. The van der Waals surface area contributed by atoms with Gasteiger partial charge in [0.05, 0.1) is 5.69 Å². The van der Waals surface area contributed by atoms with Gasteiger partial charge in [-0.2, -0.15) is 5.10 Å². The van der Waals surface area contributed by atoms with Gasteiger partial charge in [0.1, 0.15) is 0 Å². The Bertz CT molecular complexity index is 526. The van der Waals surface area contributed by atoms with Crippen molar-refractivity contribution in [2.24, 2.45) is 5.10 Å². The Kier molecular flexibility index (Phi) is 5.89. The minimum absolute atomic E-state index is 0. The van der Waals surface area contributed by atoms with Gasteiger partial charge in [-0.15, -0.1) is 0 Å². The number of nitrogens with zero attached hydrogens (tertiary/aromatic N) is 1. The van der Waals surface area contributed by atoms with Gasteiger partial charge in [-0.1, -0.05) is 71.4 Å². The number of nitrogens with one attached hydrogen (secondary N) is 1. The van der Waals surface area contributed by atoms with Crippen molar-refractivity contribution < 1.29 is 0 Å². The first kappa shape index (κ1) is 14.7. The maximum absolute atomic E-state index is 6.12. The van der Waals surface area contributed by atoms with E-state index in [2.05, 4.69) is 26.5 Å². The third-order valence-corrected chi connectivity index (χ3v) is 3.13. The van der Waals surface area contributed by atoms with Crippen LogP contribution in [0.25, 0.3) is 0 Å². The molecule has 0 saturated carbocycles. The second kappa shape index (κ2) is 7.19. The average molecular weight is 326 g/mol. The van der Waals surface area contributed by atoms with Crippen LogP contribution >= 0.6 is 27.5 Å². The molecule has 2 rings (SSSR count). The lowest BCUT2D eigenvalue weighted by Crippen LogP contribution is -1.97. The summed E-state index contributed by atoms with van der Waals surface area (Å²) in [6, 6.07) is 17.3. The number of halogens is 2. The summed E-state index contributed by atoms with van der Waals surface area (Å²) in [5.41, 5.74) is 4.66. The molecule has 1 N–H and O–H groups in total. The van der Waals surface area contributed by atoms with Gasteiger partial charge >= 0.3 is 0 Å². The predicted molar refractivity (Wildman–Crippen MR) is 83.3 cm³/mol. The maximum atomic E-state index is 6.12. The molecular formula is C14H14BrClN2. The Morgan fingerprint density at radius 2 is 1.61 bits per heavy atom. The monoisotopic (exact) mass is 324 g/mol. The molecule has 0 radical (unpaired) electrons. The summed E-state index contributed by atoms with van der Waals surface area (Å²) in [4.78, 5) is 0. The smallest absolute Gasteiger partial charge is 0.157 e. The van der Waals surface area contributed by atoms with E-state index in [0.717, 1.165) is 15.7 Å². The van der Waals surface area contributed by atoms with Crippen LogP contribution in [-0.4, -0.2) is 5.17 Å². The van der Waals surface area contributed by atoms with Crippen LogP contribution in [0.1, 0.15) is 13.0 Å². The summed E-state index contributed by atoms with van der Waals surface area (Å²) in [6.45, 7) is 0. The second-order valence-corrected chi connectivity index (χ2v) is 4.57. The van der Waals surface area contributed by atoms with Crippen molar-refractivity contribution in [3.8, 4) is 0 Å². The highest BCUT2D eigenvalue weighted by Crippen LogP contribution is 2.18. The van der Waals surface area contributed by atoms with Crippen LogP contribution in [-0.2, 0) is 0 Å². The van der Waals surface area contributed by atoms with Gasteiger partial charge in [0.25, 0.3) is 0 Å². The molecule has 2 aromatic carbocycles. The molecule has 0 amide bonds. The van der Waals surface area contributed by atoms with Gasteiger partial charge < -0.3 is 0 Å². The number of anilines is 1. The van der Waals surface area contributed by atoms with Gasteiger partial charge in [-0.3, -0.25) is 5.43 Å². The molecule has 0 bridgehead atoms. The van der Waals surface area contributed by atoms with E-state index in [4.69, 9.17) is 11.6 Å². The molecule has 0 aliphatic heterocycles. The number of hydrogen-bond donors (Lipinski definition) is 1. The van der Waals surface area contributed by atoms with E-state index < -0.39 is 0 Å². The molecule has 0 unspecified atom stereocenters. The van der Waals surface area contributed by atoms with E-state index >= 15 is 0 Å². The van der Waals surface area contributed by atoms with E-state index in [9.17, 15) is 0 Å². The molecular weight excluding hydrogens is 312 g/mol. The molecule has 94 valence electrons. The van der Waals surface area contributed by atoms with E-state index in [1.54, 1.807) is 0 Å². The van der Waals surface area contributed by atoms with Gasteiger partial charge in [0, 0.05) is 10.0 Å². The summed E-state index contributed by atoms with van der Waals surface area (Å²) < 4.78 is 0.920. The van der Waals surface area contributed by atoms with Crippen LogP contribution in [0.5, 0.6) is 0 Å². The van der Waals surface area contributed by atoms with Gasteiger partial charge in [-0.25, -0.2) is 0 Å². The summed E-state index contributed by atoms with van der Waals surface area (Å²) in [5, 5.41) is 4.55. The van der Waals surface area contributed by atoms with Crippen molar-refractivity contribution in [2.75, 3.05) is 5.43 Å². The Morgan fingerprint density at radius 1 is 1.00 bits per heavy atom. The highest BCUT2D eigenvalue weighted by molar-refractivity contribution is 9.10. The van der Waals surface area contributed by atoms with Gasteiger partial charge in [0.2, 0.25) is 0 Å². The largest absolute Gasteiger partial charge is 0.277 e. The predicted octanol–water partition coefficient (Wildman–Crippen LogP) is 5.10. The van der Waals surface area contributed by atoms with Crippen LogP contribution in [0.2, 0.25) is 0 Å². The fourth-order valence-electron chi connectivity index (χ4n) is 1.32. The number of para-hydroxylation sites is 1. The molecule has 0 aromatic heterocycles. The van der Waals surface area contributed by atoms with E-state index in [1.807, 2.05) is 54.6 Å². The zero-order valence-electron chi connectivity index (χ0n) is 8.90. The number of hydrogen-bond acceptors (Lipinski definition) is 2. The van der Waals surface area contributed by atoms with Crippen LogP contribution in [0.4, 0.5) is 5.69 Å². The Morgan fingerprint density at radius 3 is 2.28 bits per heavy atom. The SMILES string of the molecule is C.Cl/C(=N\Nc1ccccc1)c1ccccc1Br. The molecule has 0 heterocycles. The first-order valence-corrected chi connectivity index (χ1v) is 6.23. The lowest BCUT2D eigenvalue weighted by atomic mass is 10.2. The summed E-state index contributed by atoms with van der Waals surface area (Å²) in [5.74, 6) is 0. The molecule has 0 spiro atoms. The van der Waals surface area contributed by atoms with E-state index in [1.165, 1.54) is 0 Å². The fraction of sp³-hybridized carbons (Fsp3) is 0.0714. The summed E-state index contributed by atoms with van der Waals surface area (Å²) >= 11 is 9.55. The minimum atomic E-state index is 0. The van der Waals surface area contributed by atoms with Crippen LogP contribution < -0.4 is 5.43 Å². The Balaban J connectivity index is 0.00000162. The quantitative estimate of drug-likeness (QED) is 0.616. The first-order chi connectivity index (χ1) is 8.27. The molecule has 0 aliphatic rings. The van der Waals surface area contributed by atoms with Crippen molar-refractivity contribution in [3.05, 3.63) is 64.6 Å². The van der Waals surface area contributed by atoms with Gasteiger partial charge in [-0.05, 0) is 18.2 Å². The van der Waals surface area contributed by atoms with Crippen molar-refractivity contribution in [2.45, 2.75) is 7.43 Å². The Hall–Kier alpha value is -1.32. The molecule has 18 heavy (non-hydrogen) atoms. The fourth-order valence-corrected chi connectivity index (χ4v) is 2.11. The van der Waals surface area contributed by atoms with Crippen molar-refractivity contribution in [3.63, 3.8) is 0 Å². The van der Waals surface area contributed by atoms with Crippen molar-refractivity contribution in [1.29, 1.82) is 0 Å².